The third kappa shape index (κ3) is 4.21. The molecular formula is C18H24F2N4O. The van der Waals surface area contributed by atoms with Crippen LogP contribution in [0.5, 0.6) is 0 Å². The second kappa shape index (κ2) is 6.78. The lowest BCUT2D eigenvalue weighted by atomic mass is 9.84. The summed E-state index contributed by atoms with van der Waals surface area (Å²) in [6, 6.07) is 3.70. The summed E-state index contributed by atoms with van der Waals surface area (Å²) in [6.45, 7) is 5.46. The summed E-state index contributed by atoms with van der Waals surface area (Å²) in [5.41, 5.74) is 3.06. The molecule has 0 radical (unpaired) electrons. The molecular weight excluding hydrogens is 326 g/mol. The normalized spacial score (nSPS) is 19.1. The molecule has 25 heavy (non-hydrogen) atoms. The highest BCUT2D eigenvalue weighted by molar-refractivity contribution is 5.24. The highest BCUT2D eigenvalue weighted by atomic mass is 19.3. The van der Waals surface area contributed by atoms with Crippen molar-refractivity contribution in [3.8, 4) is 5.95 Å². The molecule has 0 amide bonds. The van der Waals surface area contributed by atoms with Gasteiger partial charge in [0.15, 0.2) is 0 Å². The number of halogens is 2. The van der Waals surface area contributed by atoms with Crippen LogP contribution < -0.4 is 0 Å². The molecule has 0 unspecified atom stereocenters. The maximum absolute atomic E-state index is 13.3. The lowest BCUT2D eigenvalue weighted by Crippen LogP contribution is -2.26. The van der Waals surface area contributed by atoms with Crippen molar-refractivity contribution in [1.29, 1.82) is 0 Å². The molecule has 0 aliphatic heterocycles. The fourth-order valence-electron chi connectivity index (χ4n) is 3.35. The fourth-order valence-corrected chi connectivity index (χ4v) is 3.35. The molecule has 7 heteroatoms. The maximum Gasteiger partial charge on any atom is 0.251 e. The van der Waals surface area contributed by atoms with E-state index < -0.39 is 12.0 Å². The molecule has 3 rings (SSSR count). The van der Waals surface area contributed by atoms with E-state index in [0.29, 0.717) is 30.9 Å². The van der Waals surface area contributed by atoms with Crippen LogP contribution >= 0.6 is 0 Å². The molecule has 136 valence electrons. The predicted octanol–water partition coefficient (Wildman–Crippen LogP) is 3.70. The SMILES string of the molecule is Cc1cc(C)n(-c2nc(CC3CCC(F)(F)CC3)cc([C@H](C)O)n2)n1. The first-order valence-electron chi connectivity index (χ1n) is 8.71. The van der Waals surface area contributed by atoms with Gasteiger partial charge in [-0.1, -0.05) is 0 Å². The molecule has 1 saturated carbocycles. The number of aryl methyl sites for hydroxylation is 2. The minimum atomic E-state index is -2.53. The van der Waals surface area contributed by atoms with Gasteiger partial charge in [0.05, 0.1) is 17.5 Å². The maximum atomic E-state index is 13.3. The summed E-state index contributed by atoms with van der Waals surface area (Å²) in [5.74, 6) is -1.92. The molecule has 2 aromatic rings. The zero-order valence-corrected chi connectivity index (χ0v) is 14.8. The van der Waals surface area contributed by atoms with Gasteiger partial charge in [0, 0.05) is 24.2 Å². The van der Waals surface area contributed by atoms with Crippen molar-refractivity contribution in [2.75, 3.05) is 0 Å². The third-order valence-corrected chi connectivity index (χ3v) is 4.75. The van der Waals surface area contributed by atoms with Gasteiger partial charge in [0.1, 0.15) is 0 Å². The Hall–Kier alpha value is -1.89. The number of aliphatic hydroxyl groups is 1. The lowest BCUT2D eigenvalue weighted by Gasteiger charge is -2.28. The highest BCUT2D eigenvalue weighted by Gasteiger charge is 2.35. The van der Waals surface area contributed by atoms with E-state index in [-0.39, 0.29) is 18.8 Å². The van der Waals surface area contributed by atoms with Crippen LogP contribution in [-0.4, -0.2) is 30.8 Å². The van der Waals surface area contributed by atoms with Crippen molar-refractivity contribution in [3.05, 3.63) is 34.9 Å². The lowest BCUT2D eigenvalue weighted by molar-refractivity contribution is -0.0457. The van der Waals surface area contributed by atoms with E-state index in [1.54, 1.807) is 17.7 Å². The Kier molecular flexibility index (Phi) is 4.86. The molecule has 5 nitrogen and oxygen atoms in total. The quantitative estimate of drug-likeness (QED) is 0.913. The first-order chi connectivity index (χ1) is 11.7. The zero-order chi connectivity index (χ0) is 18.2. The molecule has 2 aromatic heterocycles. The number of aromatic nitrogens is 4. The first-order valence-corrected chi connectivity index (χ1v) is 8.71. The fraction of sp³-hybridized carbons (Fsp3) is 0.611. The Labute approximate surface area is 146 Å². The summed E-state index contributed by atoms with van der Waals surface area (Å²) in [5, 5.41) is 14.3. The molecule has 1 aliphatic carbocycles. The van der Waals surface area contributed by atoms with Crippen LogP contribution in [0.2, 0.25) is 0 Å². The van der Waals surface area contributed by atoms with Crippen LogP contribution in [0.4, 0.5) is 8.78 Å². The number of hydrogen-bond donors (Lipinski definition) is 1. The number of hydrogen-bond acceptors (Lipinski definition) is 4. The van der Waals surface area contributed by atoms with Crippen molar-refractivity contribution < 1.29 is 13.9 Å². The second-order valence-corrected chi connectivity index (χ2v) is 7.10. The standard InChI is InChI=1S/C18H24F2N4O/c1-11-8-12(2)24(23-11)17-21-15(10-16(22-17)13(3)25)9-14-4-6-18(19,20)7-5-14/h8,10,13-14,25H,4-7,9H2,1-3H3/t13-/m0/s1. The van der Waals surface area contributed by atoms with E-state index in [1.807, 2.05) is 19.9 Å². The predicted molar refractivity (Wildman–Crippen MR) is 89.9 cm³/mol. The number of rotatable bonds is 4. The number of nitrogens with zero attached hydrogens (tertiary/aromatic N) is 4. The van der Waals surface area contributed by atoms with E-state index in [9.17, 15) is 13.9 Å². The average molecular weight is 350 g/mol. The van der Waals surface area contributed by atoms with Crippen LogP contribution in [0.25, 0.3) is 5.95 Å². The van der Waals surface area contributed by atoms with Crippen LogP contribution in [0, 0.1) is 19.8 Å². The number of aliphatic hydroxyl groups excluding tert-OH is 1. The van der Waals surface area contributed by atoms with Gasteiger partial charge < -0.3 is 5.11 Å². The average Bonchev–Trinajstić information content (AvgIpc) is 2.88. The Morgan fingerprint density at radius 1 is 1.24 bits per heavy atom. The molecule has 2 heterocycles. The second-order valence-electron chi connectivity index (χ2n) is 7.10. The third-order valence-electron chi connectivity index (χ3n) is 4.75. The molecule has 1 atom stereocenters. The van der Waals surface area contributed by atoms with Crippen LogP contribution in [0.15, 0.2) is 12.1 Å². The minimum absolute atomic E-state index is 0.0592. The molecule has 1 N–H and O–H groups in total. The van der Waals surface area contributed by atoms with E-state index in [0.717, 1.165) is 17.1 Å². The molecule has 0 bridgehead atoms. The Morgan fingerprint density at radius 2 is 1.92 bits per heavy atom. The monoisotopic (exact) mass is 350 g/mol. The van der Waals surface area contributed by atoms with Crippen molar-refractivity contribution >= 4 is 0 Å². The summed E-state index contributed by atoms with van der Waals surface area (Å²) < 4.78 is 28.3. The summed E-state index contributed by atoms with van der Waals surface area (Å²) in [4.78, 5) is 8.99. The summed E-state index contributed by atoms with van der Waals surface area (Å²) in [7, 11) is 0. The summed E-state index contributed by atoms with van der Waals surface area (Å²) >= 11 is 0. The first kappa shape index (κ1) is 17.9. The molecule has 0 spiro atoms. The Balaban J connectivity index is 1.87. The Morgan fingerprint density at radius 3 is 2.48 bits per heavy atom. The van der Waals surface area contributed by atoms with Crippen molar-refractivity contribution in [3.63, 3.8) is 0 Å². The van der Waals surface area contributed by atoms with E-state index in [2.05, 4.69) is 15.1 Å². The van der Waals surface area contributed by atoms with Crippen molar-refractivity contribution in [2.24, 2.45) is 5.92 Å². The smallest absolute Gasteiger partial charge is 0.251 e. The molecule has 0 aromatic carbocycles. The molecule has 0 saturated heterocycles. The largest absolute Gasteiger partial charge is 0.387 e. The van der Waals surface area contributed by atoms with Crippen LogP contribution in [0.3, 0.4) is 0 Å². The highest BCUT2D eigenvalue weighted by Crippen LogP contribution is 2.37. The molecule has 1 aliphatic rings. The zero-order valence-electron chi connectivity index (χ0n) is 14.8. The topological polar surface area (TPSA) is 63.8 Å². The van der Waals surface area contributed by atoms with Gasteiger partial charge in [-0.05, 0) is 58.1 Å². The van der Waals surface area contributed by atoms with Gasteiger partial charge in [-0.25, -0.2) is 23.4 Å². The van der Waals surface area contributed by atoms with Gasteiger partial charge in [0.25, 0.3) is 5.95 Å². The minimum Gasteiger partial charge on any atom is -0.387 e. The molecule has 1 fully saturated rings. The van der Waals surface area contributed by atoms with Crippen molar-refractivity contribution in [1.82, 2.24) is 19.7 Å². The van der Waals surface area contributed by atoms with Gasteiger partial charge >= 0.3 is 0 Å². The van der Waals surface area contributed by atoms with Crippen LogP contribution in [-0.2, 0) is 6.42 Å². The van der Waals surface area contributed by atoms with Crippen molar-refractivity contribution in [2.45, 2.75) is 64.9 Å². The summed E-state index contributed by atoms with van der Waals surface area (Å²) in [6.07, 6.45) is 0.761. The van der Waals surface area contributed by atoms with Gasteiger partial charge in [-0.15, -0.1) is 0 Å². The van der Waals surface area contributed by atoms with E-state index in [4.69, 9.17) is 0 Å². The van der Waals surface area contributed by atoms with Gasteiger partial charge in [-0.3, -0.25) is 0 Å². The van der Waals surface area contributed by atoms with Gasteiger partial charge in [-0.2, -0.15) is 5.10 Å². The van der Waals surface area contributed by atoms with E-state index in [1.165, 1.54) is 0 Å². The van der Waals surface area contributed by atoms with Crippen LogP contribution in [0.1, 0.15) is 61.5 Å². The van der Waals surface area contributed by atoms with Gasteiger partial charge in [0.2, 0.25) is 5.92 Å². The number of alkyl halides is 2. The van der Waals surface area contributed by atoms with E-state index >= 15 is 0 Å². The Bertz CT molecular complexity index is 748.